The minimum absolute atomic E-state index is 0.0336. The summed E-state index contributed by atoms with van der Waals surface area (Å²) in [5.41, 5.74) is 6.22. The fraction of sp³-hybridized carbons (Fsp3) is 0.0444. The molecule has 0 aliphatic rings. The van der Waals surface area contributed by atoms with Crippen LogP contribution in [0.25, 0.3) is 49.2 Å². The van der Waals surface area contributed by atoms with Gasteiger partial charge in [-0.3, -0.25) is 4.79 Å². The summed E-state index contributed by atoms with van der Waals surface area (Å²) in [5.74, 6) is -0.206. The maximum Gasteiger partial charge on any atom is 0.189 e. The molecular formula is C45H32FNO. The summed E-state index contributed by atoms with van der Waals surface area (Å²) in [4.78, 5) is 15.8. The van der Waals surface area contributed by atoms with Crippen molar-refractivity contribution in [3.8, 4) is 0 Å². The lowest BCUT2D eigenvalue weighted by Crippen LogP contribution is -2.10. The number of ketones is 1. The monoisotopic (exact) mass is 621 g/mol. The number of fused-ring (bicyclic) bond motifs is 4. The highest BCUT2D eigenvalue weighted by atomic mass is 19.1. The first-order chi connectivity index (χ1) is 23.4. The van der Waals surface area contributed by atoms with Crippen LogP contribution in [0.4, 0.5) is 21.5 Å². The fourth-order valence-corrected chi connectivity index (χ4v) is 6.80. The van der Waals surface area contributed by atoms with E-state index in [0.717, 1.165) is 71.5 Å². The van der Waals surface area contributed by atoms with E-state index in [1.807, 2.05) is 80.6 Å². The van der Waals surface area contributed by atoms with Crippen molar-refractivity contribution in [3.05, 3.63) is 180 Å². The molecule has 8 aromatic rings. The van der Waals surface area contributed by atoms with Crippen LogP contribution in [0.5, 0.6) is 0 Å². The molecule has 0 aliphatic heterocycles. The number of hydrogen-bond acceptors (Lipinski definition) is 2. The minimum Gasteiger partial charge on any atom is -0.310 e. The average Bonchev–Trinajstić information content (AvgIpc) is 3.11. The van der Waals surface area contributed by atoms with Crippen LogP contribution < -0.4 is 4.90 Å². The van der Waals surface area contributed by atoms with Gasteiger partial charge in [0.05, 0.1) is 5.69 Å². The molecule has 0 amide bonds. The lowest BCUT2D eigenvalue weighted by Gasteiger charge is -2.27. The summed E-state index contributed by atoms with van der Waals surface area (Å²) in [6.45, 7) is 3.88. The van der Waals surface area contributed by atoms with Gasteiger partial charge in [-0.05, 0) is 117 Å². The zero-order valence-electron chi connectivity index (χ0n) is 26.7. The molecule has 0 atom stereocenters. The van der Waals surface area contributed by atoms with Crippen LogP contribution in [-0.2, 0) is 0 Å². The van der Waals surface area contributed by atoms with Crippen molar-refractivity contribution in [2.75, 3.05) is 4.90 Å². The van der Waals surface area contributed by atoms with Gasteiger partial charge in [-0.25, -0.2) is 4.39 Å². The van der Waals surface area contributed by atoms with Gasteiger partial charge in [0, 0.05) is 27.7 Å². The lowest BCUT2D eigenvalue weighted by atomic mass is 9.95. The van der Waals surface area contributed by atoms with Crippen molar-refractivity contribution >= 4 is 72.0 Å². The Hall–Kier alpha value is -6.06. The highest BCUT2D eigenvalue weighted by Crippen LogP contribution is 2.41. The van der Waals surface area contributed by atoms with E-state index in [0.29, 0.717) is 11.0 Å². The van der Waals surface area contributed by atoms with Gasteiger partial charge >= 0.3 is 0 Å². The van der Waals surface area contributed by atoms with E-state index >= 15 is 0 Å². The number of carbonyl (C=O) groups is 1. The van der Waals surface area contributed by atoms with Crippen molar-refractivity contribution in [1.29, 1.82) is 0 Å². The molecule has 230 valence electrons. The Morgan fingerprint density at radius 3 is 1.88 bits per heavy atom. The summed E-state index contributed by atoms with van der Waals surface area (Å²) in [5, 5.41) is 8.05. The quantitative estimate of drug-likeness (QED) is 0.136. The van der Waals surface area contributed by atoms with Crippen LogP contribution in [0.15, 0.2) is 157 Å². The van der Waals surface area contributed by atoms with E-state index in [2.05, 4.69) is 83.8 Å². The molecule has 0 bridgehead atoms. The van der Waals surface area contributed by atoms with Crippen LogP contribution in [0.1, 0.15) is 28.4 Å². The largest absolute Gasteiger partial charge is 0.310 e. The Balaban J connectivity index is 1.19. The lowest BCUT2D eigenvalue weighted by molar-refractivity contribution is 0.103. The summed E-state index contributed by atoms with van der Waals surface area (Å²) < 4.78 is 15.0. The molecule has 8 rings (SSSR count). The Bertz CT molecular complexity index is 2580. The Morgan fingerprint density at radius 2 is 1.12 bits per heavy atom. The number of rotatable bonds is 6. The molecule has 0 N–H and O–H groups in total. The molecule has 0 unspecified atom stereocenters. The van der Waals surface area contributed by atoms with E-state index in [4.69, 9.17) is 0 Å². The smallest absolute Gasteiger partial charge is 0.189 e. The van der Waals surface area contributed by atoms with E-state index < -0.39 is 0 Å². The maximum atomic E-state index is 15.0. The normalized spacial score (nSPS) is 11.9. The fourth-order valence-electron chi connectivity index (χ4n) is 6.80. The highest BCUT2D eigenvalue weighted by molar-refractivity contribution is 6.13. The van der Waals surface area contributed by atoms with Crippen LogP contribution in [0.2, 0.25) is 0 Å². The van der Waals surface area contributed by atoms with E-state index in [1.165, 1.54) is 6.07 Å². The van der Waals surface area contributed by atoms with E-state index in [1.54, 1.807) is 6.07 Å². The molecular weight excluding hydrogens is 589 g/mol. The van der Waals surface area contributed by atoms with Crippen LogP contribution in [0.3, 0.4) is 0 Å². The third-order valence-electron chi connectivity index (χ3n) is 9.26. The predicted octanol–water partition coefficient (Wildman–Crippen LogP) is 12.5. The molecule has 0 heterocycles. The van der Waals surface area contributed by atoms with Crippen LogP contribution in [-0.4, -0.2) is 5.78 Å². The summed E-state index contributed by atoms with van der Waals surface area (Å²) in [6.07, 6.45) is 1.97. The molecule has 0 aromatic heterocycles. The van der Waals surface area contributed by atoms with Gasteiger partial charge < -0.3 is 4.90 Å². The van der Waals surface area contributed by atoms with Crippen molar-refractivity contribution in [2.45, 2.75) is 13.8 Å². The first-order valence-electron chi connectivity index (χ1n) is 16.2. The molecule has 0 saturated carbocycles. The summed E-state index contributed by atoms with van der Waals surface area (Å²) in [6, 6.07) is 50.7. The number of aryl methyl sites for hydroxylation is 1. The van der Waals surface area contributed by atoms with Crippen molar-refractivity contribution < 1.29 is 9.18 Å². The average molecular weight is 622 g/mol. The van der Waals surface area contributed by atoms with Crippen molar-refractivity contribution in [3.63, 3.8) is 0 Å². The van der Waals surface area contributed by atoms with E-state index in [9.17, 15) is 9.18 Å². The molecule has 8 aromatic carbocycles. The van der Waals surface area contributed by atoms with E-state index in [-0.39, 0.29) is 11.6 Å². The highest BCUT2D eigenvalue weighted by Gasteiger charge is 2.18. The molecule has 2 nitrogen and oxygen atoms in total. The Kier molecular flexibility index (Phi) is 7.30. The minimum atomic E-state index is -0.239. The zero-order chi connectivity index (χ0) is 32.8. The van der Waals surface area contributed by atoms with Gasteiger partial charge in [-0.2, -0.15) is 0 Å². The SMILES string of the molecule is CC(=Cc1ccc2cc(N(c3ccc4ccccc4c3)c3cccc4c(F)cccc34)ccc2c1)C(=O)c1cc2ccccc2cc1C. The number of carbonyl (C=O) groups excluding carboxylic acids is 1. The number of hydrogen-bond donors (Lipinski definition) is 0. The first-order valence-corrected chi connectivity index (χ1v) is 16.2. The standard InChI is InChI=1S/C45H32FNO/c1-29-24-33-10-5-6-12-35(33)28-42(29)45(48)30(2)23-31-17-18-37-27-39(22-20-36(37)25-31)47(38-21-19-32-9-3-4-11-34(32)26-38)44-16-8-13-40-41(44)14-7-15-43(40)46/h3-28H,1-2H3. The third kappa shape index (κ3) is 5.30. The number of nitrogens with zero attached hydrogens (tertiary/aromatic N) is 1. The zero-order valence-corrected chi connectivity index (χ0v) is 26.7. The Labute approximate surface area is 279 Å². The number of anilines is 3. The second-order valence-corrected chi connectivity index (χ2v) is 12.4. The van der Waals surface area contributed by atoms with Crippen LogP contribution in [0, 0.1) is 12.7 Å². The number of halogens is 1. The van der Waals surface area contributed by atoms with Gasteiger partial charge in [-0.1, -0.05) is 103 Å². The third-order valence-corrected chi connectivity index (χ3v) is 9.26. The summed E-state index contributed by atoms with van der Waals surface area (Å²) >= 11 is 0. The van der Waals surface area contributed by atoms with Crippen molar-refractivity contribution in [1.82, 2.24) is 0 Å². The number of Topliss-reactive ketones (excluding diaryl/α,β-unsaturated/α-hetero) is 1. The maximum absolute atomic E-state index is 15.0. The predicted molar refractivity (Wildman–Crippen MR) is 200 cm³/mol. The molecule has 0 aliphatic carbocycles. The van der Waals surface area contributed by atoms with Gasteiger partial charge in [-0.15, -0.1) is 0 Å². The van der Waals surface area contributed by atoms with Gasteiger partial charge in [0.2, 0.25) is 0 Å². The topological polar surface area (TPSA) is 20.3 Å². The second-order valence-electron chi connectivity index (χ2n) is 12.4. The molecule has 0 spiro atoms. The molecule has 0 fully saturated rings. The summed E-state index contributed by atoms with van der Waals surface area (Å²) in [7, 11) is 0. The molecule has 48 heavy (non-hydrogen) atoms. The molecule has 0 radical (unpaired) electrons. The van der Waals surface area contributed by atoms with Gasteiger partial charge in [0.1, 0.15) is 5.82 Å². The first kappa shape index (κ1) is 29.3. The molecule has 3 heteroatoms. The second kappa shape index (κ2) is 11.9. The van der Waals surface area contributed by atoms with Gasteiger partial charge in [0.15, 0.2) is 5.78 Å². The Morgan fingerprint density at radius 1 is 0.562 bits per heavy atom. The van der Waals surface area contributed by atoms with Crippen LogP contribution >= 0.6 is 0 Å². The number of allylic oxidation sites excluding steroid dienone is 1. The van der Waals surface area contributed by atoms with Crippen molar-refractivity contribution in [2.24, 2.45) is 0 Å². The number of benzene rings is 8. The van der Waals surface area contributed by atoms with Gasteiger partial charge in [0.25, 0.3) is 0 Å². The molecule has 0 saturated heterocycles.